The van der Waals surface area contributed by atoms with Crippen LogP contribution < -0.4 is 10.0 Å². The van der Waals surface area contributed by atoms with Crippen molar-refractivity contribution in [2.45, 2.75) is 18.4 Å². The monoisotopic (exact) mass is 448 g/mol. The van der Waals surface area contributed by atoms with E-state index in [9.17, 15) is 13.2 Å². The molecule has 0 heterocycles. The molecule has 0 saturated heterocycles. The van der Waals surface area contributed by atoms with E-state index in [-0.39, 0.29) is 10.8 Å². The summed E-state index contributed by atoms with van der Waals surface area (Å²) < 4.78 is 27.8. The molecule has 3 aromatic rings. The van der Waals surface area contributed by atoms with Gasteiger partial charge in [-0.1, -0.05) is 41.4 Å². The van der Waals surface area contributed by atoms with E-state index in [4.69, 9.17) is 23.2 Å². The average Bonchev–Trinajstić information content (AvgIpc) is 2.68. The third-order valence-electron chi connectivity index (χ3n) is 4.21. The van der Waals surface area contributed by atoms with Crippen molar-refractivity contribution in [2.75, 3.05) is 4.72 Å². The first-order chi connectivity index (χ1) is 13.7. The Balaban J connectivity index is 1.76. The van der Waals surface area contributed by atoms with Gasteiger partial charge >= 0.3 is 0 Å². The van der Waals surface area contributed by atoms with Crippen molar-refractivity contribution in [3.8, 4) is 0 Å². The molecule has 0 unspecified atom stereocenters. The van der Waals surface area contributed by atoms with Crippen LogP contribution in [-0.2, 0) is 16.6 Å². The summed E-state index contributed by atoms with van der Waals surface area (Å²) in [5.41, 5.74) is 2.22. The lowest BCUT2D eigenvalue weighted by Crippen LogP contribution is -2.23. The fourth-order valence-corrected chi connectivity index (χ4v) is 4.08. The van der Waals surface area contributed by atoms with Gasteiger partial charge < -0.3 is 5.32 Å². The second-order valence-corrected chi connectivity index (χ2v) is 8.96. The van der Waals surface area contributed by atoms with Gasteiger partial charge in [0, 0.05) is 22.2 Å². The molecule has 1 amide bonds. The zero-order valence-corrected chi connectivity index (χ0v) is 17.8. The number of carbonyl (C=O) groups excluding carboxylic acids is 1. The van der Waals surface area contributed by atoms with Gasteiger partial charge in [-0.2, -0.15) is 0 Å². The molecule has 5 nitrogen and oxygen atoms in total. The van der Waals surface area contributed by atoms with E-state index < -0.39 is 10.0 Å². The lowest BCUT2D eigenvalue weighted by molar-refractivity contribution is 0.0951. The highest BCUT2D eigenvalue weighted by molar-refractivity contribution is 7.92. The van der Waals surface area contributed by atoms with Crippen molar-refractivity contribution in [3.63, 3.8) is 0 Å². The van der Waals surface area contributed by atoms with Crippen LogP contribution in [0.25, 0.3) is 0 Å². The van der Waals surface area contributed by atoms with Crippen molar-refractivity contribution in [3.05, 3.63) is 93.5 Å². The van der Waals surface area contributed by atoms with Crippen molar-refractivity contribution in [1.82, 2.24) is 5.32 Å². The molecule has 0 fully saturated rings. The molecule has 150 valence electrons. The molecule has 0 aromatic heterocycles. The first-order valence-corrected chi connectivity index (χ1v) is 10.9. The van der Waals surface area contributed by atoms with Crippen molar-refractivity contribution in [1.29, 1.82) is 0 Å². The topological polar surface area (TPSA) is 75.3 Å². The minimum Gasteiger partial charge on any atom is -0.348 e. The quantitative estimate of drug-likeness (QED) is 0.554. The molecule has 0 atom stereocenters. The van der Waals surface area contributed by atoms with Crippen LogP contribution >= 0.6 is 23.2 Å². The Labute approximate surface area is 179 Å². The van der Waals surface area contributed by atoms with Gasteiger partial charge in [-0.05, 0) is 66.6 Å². The van der Waals surface area contributed by atoms with Crippen LogP contribution in [-0.4, -0.2) is 14.3 Å². The van der Waals surface area contributed by atoms with Crippen LogP contribution in [0.3, 0.4) is 0 Å². The van der Waals surface area contributed by atoms with Crippen molar-refractivity contribution < 1.29 is 13.2 Å². The maximum absolute atomic E-state index is 12.6. The Morgan fingerprint density at radius 2 is 1.66 bits per heavy atom. The summed E-state index contributed by atoms with van der Waals surface area (Å²) >= 11 is 11.8. The lowest BCUT2D eigenvalue weighted by atomic mass is 10.1. The van der Waals surface area contributed by atoms with E-state index in [1.54, 1.807) is 37.3 Å². The van der Waals surface area contributed by atoms with Crippen LogP contribution in [0.15, 0.2) is 71.6 Å². The van der Waals surface area contributed by atoms with Gasteiger partial charge in [0.15, 0.2) is 0 Å². The Morgan fingerprint density at radius 3 is 2.34 bits per heavy atom. The number of rotatable bonds is 6. The van der Waals surface area contributed by atoms with E-state index >= 15 is 0 Å². The molecule has 8 heteroatoms. The normalized spacial score (nSPS) is 11.1. The molecule has 3 aromatic carbocycles. The van der Waals surface area contributed by atoms with Crippen LogP contribution in [0, 0.1) is 6.92 Å². The first-order valence-electron chi connectivity index (χ1n) is 8.66. The minimum atomic E-state index is -3.81. The molecule has 0 radical (unpaired) electrons. The number of carbonyl (C=O) groups is 1. The number of anilines is 1. The number of hydrogen-bond donors (Lipinski definition) is 2. The van der Waals surface area contributed by atoms with Gasteiger partial charge in [-0.15, -0.1) is 0 Å². The fraction of sp³-hybridized carbons (Fsp3) is 0.0952. The number of amides is 1. The molecule has 29 heavy (non-hydrogen) atoms. The Morgan fingerprint density at radius 1 is 0.931 bits per heavy atom. The number of sulfonamides is 1. The molecular formula is C21H18Cl2N2O3S. The number of benzene rings is 3. The summed E-state index contributed by atoms with van der Waals surface area (Å²) in [4.78, 5) is 12.6. The predicted octanol–water partition coefficient (Wildman–Crippen LogP) is 5.03. The van der Waals surface area contributed by atoms with E-state index in [0.29, 0.717) is 33.4 Å². The Kier molecular flexibility index (Phi) is 6.47. The summed E-state index contributed by atoms with van der Waals surface area (Å²) in [5, 5.41) is 3.83. The number of hydrogen-bond acceptors (Lipinski definition) is 3. The van der Waals surface area contributed by atoms with Gasteiger partial charge in [-0.25, -0.2) is 8.42 Å². The molecule has 0 aliphatic carbocycles. The first kappa shape index (κ1) is 21.2. The molecular weight excluding hydrogens is 431 g/mol. The molecule has 0 aliphatic rings. The second kappa shape index (κ2) is 8.86. The van der Waals surface area contributed by atoms with Crippen LogP contribution in [0.5, 0.6) is 0 Å². The fourth-order valence-electron chi connectivity index (χ4n) is 2.62. The van der Waals surface area contributed by atoms with E-state index in [2.05, 4.69) is 10.0 Å². The van der Waals surface area contributed by atoms with Crippen LogP contribution in [0.1, 0.15) is 21.5 Å². The Hall–Kier alpha value is -2.54. The SMILES string of the molecule is Cc1ccc(C(=O)NCc2cccc(Cl)c2)cc1NS(=O)(=O)c1ccc(Cl)cc1. The van der Waals surface area contributed by atoms with Crippen molar-refractivity contribution >= 4 is 44.8 Å². The summed E-state index contributed by atoms with van der Waals surface area (Å²) in [6, 6.07) is 17.9. The van der Waals surface area contributed by atoms with Gasteiger partial charge in [0.05, 0.1) is 10.6 Å². The number of aryl methyl sites for hydroxylation is 1. The van der Waals surface area contributed by atoms with Gasteiger partial charge in [0.2, 0.25) is 0 Å². The summed E-state index contributed by atoms with van der Waals surface area (Å²) in [5.74, 6) is -0.322. The van der Waals surface area contributed by atoms with Gasteiger partial charge in [-0.3, -0.25) is 9.52 Å². The highest BCUT2D eigenvalue weighted by Gasteiger charge is 2.16. The summed E-state index contributed by atoms with van der Waals surface area (Å²) in [6.07, 6.45) is 0. The number of halogens is 2. The molecule has 3 rings (SSSR count). The van der Waals surface area contributed by atoms with Gasteiger partial charge in [0.1, 0.15) is 0 Å². The van der Waals surface area contributed by atoms with E-state index in [1.807, 2.05) is 6.07 Å². The largest absolute Gasteiger partial charge is 0.348 e. The molecule has 2 N–H and O–H groups in total. The zero-order valence-electron chi connectivity index (χ0n) is 15.4. The van der Waals surface area contributed by atoms with Crippen LogP contribution in [0.4, 0.5) is 5.69 Å². The van der Waals surface area contributed by atoms with Crippen LogP contribution in [0.2, 0.25) is 10.0 Å². The number of nitrogens with one attached hydrogen (secondary N) is 2. The molecule has 0 aliphatic heterocycles. The summed E-state index contributed by atoms with van der Waals surface area (Å²) in [6.45, 7) is 2.06. The molecule has 0 saturated carbocycles. The van der Waals surface area contributed by atoms with Crippen molar-refractivity contribution in [2.24, 2.45) is 0 Å². The van der Waals surface area contributed by atoms with E-state index in [0.717, 1.165) is 5.56 Å². The highest BCUT2D eigenvalue weighted by Crippen LogP contribution is 2.22. The zero-order chi connectivity index (χ0) is 21.0. The smallest absolute Gasteiger partial charge is 0.261 e. The molecule has 0 bridgehead atoms. The third kappa shape index (κ3) is 5.50. The maximum atomic E-state index is 12.6. The lowest BCUT2D eigenvalue weighted by Gasteiger charge is -2.13. The predicted molar refractivity (Wildman–Crippen MR) is 116 cm³/mol. The van der Waals surface area contributed by atoms with E-state index in [1.165, 1.54) is 30.3 Å². The minimum absolute atomic E-state index is 0.0807. The second-order valence-electron chi connectivity index (χ2n) is 6.40. The highest BCUT2D eigenvalue weighted by atomic mass is 35.5. The summed E-state index contributed by atoms with van der Waals surface area (Å²) in [7, 11) is -3.81. The average molecular weight is 449 g/mol. The van der Waals surface area contributed by atoms with Gasteiger partial charge in [0.25, 0.3) is 15.9 Å². The Bertz CT molecular complexity index is 1150. The molecule has 0 spiro atoms. The standard InChI is InChI=1S/C21H18Cl2N2O3S/c1-14-5-6-16(21(26)24-13-15-3-2-4-18(23)11-15)12-20(14)25-29(27,28)19-9-7-17(22)8-10-19/h2-12,25H,13H2,1H3,(H,24,26). The maximum Gasteiger partial charge on any atom is 0.261 e. The third-order valence-corrected chi connectivity index (χ3v) is 6.08.